The molecule has 144 valence electrons. The third-order valence-electron chi connectivity index (χ3n) is 5.65. The Labute approximate surface area is 156 Å². The maximum absolute atomic E-state index is 12.4. The molecule has 3 rings (SSSR count). The van der Waals surface area contributed by atoms with Crippen LogP contribution in [0.3, 0.4) is 0 Å². The number of aromatic nitrogens is 2. The number of piperidine rings is 1. The number of urea groups is 1. The van der Waals surface area contributed by atoms with Crippen LogP contribution in [0.15, 0.2) is 16.9 Å². The first-order chi connectivity index (χ1) is 12.3. The van der Waals surface area contributed by atoms with Gasteiger partial charge in [0.15, 0.2) is 0 Å². The Hall–Kier alpha value is -1.85. The first kappa shape index (κ1) is 18.9. The van der Waals surface area contributed by atoms with Crippen molar-refractivity contribution < 1.29 is 4.79 Å². The van der Waals surface area contributed by atoms with Gasteiger partial charge in [0.1, 0.15) is 0 Å². The van der Waals surface area contributed by atoms with E-state index in [0.717, 1.165) is 44.5 Å². The standard InChI is InChI=1S/C20H32N4O2/c1-20(2,3)17-8-9-18(25)24(22-17)14-15-10-12-23(13-11-15)19(26)21-16-6-4-5-7-16/h8-9,15-16H,4-7,10-14H2,1-3H3,(H,21,26). The number of amides is 2. The van der Waals surface area contributed by atoms with Crippen LogP contribution < -0.4 is 10.9 Å². The van der Waals surface area contributed by atoms with E-state index in [0.29, 0.717) is 18.5 Å². The van der Waals surface area contributed by atoms with E-state index in [1.165, 1.54) is 12.8 Å². The summed E-state index contributed by atoms with van der Waals surface area (Å²) >= 11 is 0. The molecular weight excluding hydrogens is 328 g/mol. The summed E-state index contributed by atoms with van der Waals surface area (Å²) in [5.41, 5.74) is 0.821. The minimum Gasteiger partial charge on any atom is -0.335 e. The van der Waals surface area contributed by atoms with Crippen LogP contribution in [-0.4, -0.2) is 39.8 Å². The molecular formula is C20H32N4O2. The Morgan fingerprint density at radius 3 is 2.42 bits per heavy atom. The van der Waals surface area contributed by atoms with Crippen molar-refractivity contribution in [1.82, 2.24) is 20.0 Å². The van der Waals surface area contributed by atoms with E-state index in [2.05, 4.69) is 31.2 Å². The minimum absolute atomic E-state index is 0.0422. The number of nitrogens with zero attached hydrogens (tertiary/aromatic N) is 3. The van der Waals surface area contributed by atoms with Crippen LogP contribution in [0.4, 0.5) is 4.79 Å². The van der Waals surface area contributed by atoms with Gasteiger partial charge in [-0.25, -0.2) is 9.48 Å². The van der Waals surface area contributed by atoms with Crippen LogP contribution in [0.1, 0.15) is 65.0 Å². The van der Waals surface area contributed by atoms with E-state index in [-0.39, 0.29) is 17.0 Å². The normalized spacial score (nSPS) is 19.7. The highest BCUT2D eigenvalue weighted by Gasteiger charge is 2.26. The van der Waals surface area contributed by atoms with Gasteiger partial charge < -0.3 is 10.2 Å². The largest absolute Gasteiger partial charge is 0.335 e. The number of hydrogen-bond acceptors (Lipinski definition) is 3. The monoisotopic (exact) mass is 360 g/mol. The van der Waals surface area contributed by atoms with Gasteiger partial charge in [0, 0.05) is 37.2 Å². The molecule has 2 fully saturated rings. The summed E-state index contributed by atoms with van der Waals surface area (Å²) in [7, 11) is 0. The highest BCUT2D eigenvalue weighted by molar-refractivity contribution is 5.74. The van der Waals surface area contributed by atoms with Gasteiger partial charge in [0.25, 0.3) is 5.56 Å². The van der Waals surface area contributed by atoms with Crippen molar-refractivity contribution in [3.05, 3.63) is 28.2 Å². The summed E-state index contributed by atoms with van der Waals surface area (Å²) in [6, 6.07) is 3.90. The summed E-state index contributed by atoms with van der Waals surface area (Å²) in [5.74, 6) is 0.394. The van der Waals surface area contributed by atoms with Crippen molar-refractivity contribution in [1.29, 1.82) is 0 Å². The predicted octanol–water partition coefficient (Wildman–Crippen LogP) is 2.91. The van der Waals surface area contributed by atoms with Crippen LogP contribution in [0, 0.1) is 5.92 Å². The van der Waals surface area contributed by atoms with Gasteiger partial charge in [0.05, 0.1) is 5.69 Å². The Bertz CT molecular complexity index is 678. The molecule has 6 heteroatoms. The number of carbonyl (C=O) groups is 1. The van der Waals surface area contributed by atoms with Gasteiger partial charge in [-0.1, -0.05) is 33.6 Å². The third-order valence-corrected chi connectivity index (χ3v) is 5.65. The Kier molecular flexibility index (Phi) is 5.68. The lowest BCUT2D eigenvalue weighted by Crippen LogP contribution is -2.47. The van der Waals surface area contributed by atoms with Gasteiger partial charge in [-0.3, -0.25) is 4.79 Å². The van der Waals surface area contributed by atoms with Crippen molar-refractivity contribution in [3.8, 4) is 0 Å². The average Bonchev–Trinajstić information content (AvgIpc) is 3.09. The first-order valence-electron chi connectivity index (χ1n) is 9.97. The molecule has 1 aromatic heterocycles. The van der Waals surface area contributed by atoms with Crippen molar-refractivity contribution in [3.63, 3.8) is 0 Å². The molecule has 2 aliphatic rings. The van der Waals surface area contributed by atoms with Crippen LogP contribution in [0.5, 0.6) is 0 Å². The van der Waals surface area contributed by atoms with Gasteiger partial charge in [0.2, 0.25) is 0 Å². The van der Waals surface area contributed by atoms with Crippen LogP contribution >= 0.6 is 0 Å². The average molecular weight is 361 g/mol. The molecule has 26 heavy (non-hydrogen) atoms. The molecule has 2 amide bonds. The molecule has 1 N–H and O–H groups in total. The first-order valence-corrected chi connectivity index (χ1v) is 9.97. The van der Waals surface area contributed by atoms with Crippen LogP contribution in [0.2, 0.25) is 0 Å². The molecule has 1 aliphatic carbocycles. The smallest absolute Gasteiger partial charge is 0.317 e. The fraction of sp³-hybridized carbons (Fsp3) is 0.750. The van der Waals surface area contributed by atoms with Crippen molar-refractivity contribution in [2.45, 2.75) is 77.3 Å². The molecule has 0 atom stereocenters. The summed E-state index contributed by atoms with van der Waals surface area (Å²) < 4.78 is 1.61. The second-order valence-electron chi connectivity index (χ2n) is 8.85. The van der Waals surface area contributed by atoms with Crippen molar-refractivity contribution >= 4 is 6.03 Å². The van der Waals surface area contributed by atoms with Crippen molar-refractivity contribution in [2.75, 3.05) is 13.1 Å². The van der Waals surface area contributed by atoms with E-state index in [9.17, 15) is 9.59 Å². The van der Waals surface area contributed by atoms with E-state index in [4.69, 9.17) is 0 Å². The van der Waals surface area contributed by atoms with Gasteiger partial charge in [-0.15, -0.1) is 0 Å². The van der Waals surface area contributed by atoms with E-state index >= 15 is 0 Å². The van der Waals surface area contributed by atoms with Gasteiger partial charge in [-0.2, -0.15) is 5.10 Å². The number of likely N-dealkylation sites (tertiary alicyclic amines) is 1. The molecule has 0 radical (unpaired) electrons. The lowest BCUT2D eigenvalue weighted by Gasteiger charge is -2.33. The topological polar surface area (TPSA) is 67.2 Å². The Balaban J connectivity index is 1.54. The molecule has 1 aliphatic heterocycles. The summed E-state index contributed by atoms with van der Waals surface area (Å²) in [4.78, 5) is 26.5. The molecule has 0 spiro atoms. The molecule has 0 unspecified atom stereocenters. The fourth-order valence-corrected chi connectivity index (χ4v) is 3.88. The quantitative estimate of drug-likeness (QED) is 0.901. The Morgan fingerprint density at radius 2 is 1.81 bits per heavy atom. The van der Waals surface area contributed by atoms with E-state index in [1.807, 2.05) is 11.0 Å². The zero-order valence-electron chi connectivity index (χ0n) is 16.3. The lowest BCUT2D eigenvalue weighted by molar-refractivity contribution is 0.160. The Morgan fingerprint density at radius 1 is 1.15 bits per heavy atom. The highest BCUT2D eigenvalue weighted by Crippen LogP contribution is 2.22. The third kappa shape index (κ3) is 4.65. The summed E-state index contributed by atoms with van der Waals surface area (Å²) in [5, 5.41) is 7.74. The second-order valence-corrected chi connectivity index (χ2v) is 8.85. The fourth-order valence-electron chi connectivity index (χ4n) is 3.88. The summed E-state index contributed by atoms with van der Waals surface area (Å²) in [6.07, 6.45) is 6.52. The maximum Gasteiger partial charge on any atom is 0.317 e. The zero-order valence-corrected chi connectivity index (χ0v) is 16.3. The number of rotatable bonds is 3. The molecule has 1 aromatic rings. The van der Waals surface area contributed by atoms with Gasteiger partial charge in [-0.05, 0) is 37.7 Å². The molecule has 0 aromatic carbocycles. The number of hydrogen-bond donors (Lipinski definition) is 1. The minimum atomic E-state index is -0.0723. The summed E-state index contributed by atoms with van der Waals surface area (Å²) in [6.45, 7) is 8.47. The molecule has 1 saturated heterocycles. The molecule has 2 heterocycles. The zero-order chi connectivity index (χ0) is 18.7. The number of carbonyl (C=O) groups excluding carboxylic acids is 1. The predicted molar refractivity (Wildman–Crippen MR) is 102 cm³/mol. The number of nitrogens with one attached hydrogen (secondary N) is 1. The van der Waals surface area contributed by atoms with Crippen molar-refractivity contribution in [2.24, 2.45) is 5.92 Å². The van der Waals surface area contributed by atoms with Crippen LogP contribution in [0.25, 0.3) is 0 Å². The molecule has 0 bridgehead atoms. The van der Waals surface area contributed by atoms with Gasteiger partial charge >= 0.3 is 6.03 Å². The lowest BCUT2D eigenvalue weighted by atomic mass is 9.92. The van der Waals surface area contributed by atoms with E-state index in [1.54, 1.807) is 10.7 Å². The van der Waals surface area contributed by atoms with E-state index < -0.39 is 0 Å². The second kappa shape index (κ2) is 7.80. The maximum atomic E-state index is 12.4. The SMILES string of the molecule is CC(C)(C)c1ccc(=O)n(CC2CCN(C(=O)NC3CCCC3)CC2)n1. The van der Waals surface area contributed by atoms with Crippen LogP contribution in [-0.2, 0) is 12.0 Å². The highest BCUT2D eigenvalue weighted by atomic mass is 16.2. The molecule has 6 nitrogen and oxygen atoms in total. The molecule has 1 saturated carbocycles.